The molecule has 0 radical (unpaired) electrons. The molecule has 1 aliphatic heterocycles. The maximum atomic E-state index is 12.4. The number of carbonyl (C=O) groups excluding carboxylic acids is 1. The molecule has 0 bridgehead atoms. The summed E-state index contributed by atoms with van der Waals surface area (Å²) in [4.78, 5) is 12.4. The molecule has 0 N–H and O–H groups in total. The standard InChI is InChI=1S/C27H44O4/c1-5-7-8-9-10-11-12-13-14-15-16-25(26(28)29-6-2)30-23-17-18-24-22(21-23)19-20-27(3,4)31-24/h17-18,21,25H,5-16,19-20H2,1-4H3. The Labute approximate surface area is 190 Å². The third-order valence-corrected chi connectivity index (χ3v) is 6.06. The van der Waals surface area contributed by atoms with Gasteiger partial charge in [-0.15, -0.1) is 0 Å². The van der Waals surface area contributed by atoms with Gasteiger partial charge in [0.25, 0.3) is 0 Å². The normalized spacial score (nSPS) is 15.6. The maximum absolute atomic E-state index is 12.4. The molecule has 1 aromatic carbocycles. The largest absolute Gasteiger partial charge is 0.488 e. The number of unbranched alkanes of at least 4 members (excludes halogenated alkanes) is 9. The van der Waals surface area contributed by atoms with Crippen LogP contribution in [0.5, 0.6) is 11.5 Å². The summed E-state index contributed by atoms with van der Waals surface area (Å²) in [6.07, 6.45) is 14.9. The number of benzene rings is 1. The van der Waals surface area contributed by atoms with Gasteiger partial charge in [-0.05, 0) is 70.2 Å². The Morgan fingerprint density at radius 1 is 1.00 bits per heavy atom. The second-order valence-electron chi connectivity index (χ2n) is 9.46. The van der Waals surface area contributed by atoms with E-state index in [4.69, 9.17) is 14.2 Å². The van der Waals surface area contributed by atoms with Crippen LogP contribution in [0.4, 0.5) is 0 Å². The first-order valence-corrected chi connectivity index (χ1v) is 12.6. The van der Waals surface area contributed by atoms with Crippen molar-refractivity contribution in [2.24, 2.45) is 0 Å². The van der Waals surface area contributed by atoms with E-state index in [0.717, 1.165) is 42.7 Å². The lowest BCUT2D eigenvalue weighted by atomic mass is 9.94. The SMILES string of the molecule is CCCCCCCCCCCCC(Oc1ccc2c(c1)CCC(C)(C)O2)C(=O)OCC. The zero-order valence-electron chi connectivity index (χ0n) is 20.3. The Balaban J connectivity index is 1.77. The lowest BCUT2D eigenvalue weighted by Crippen LogP contribution is -2.32. The molecular formula is C27H44O4. The molecule has 0 amide bonds. The summed E-state index contributed by atoms with van der Waals surface area (Å²) >= 11 is 0. The zero-order valence-corrected chi connectivity index (χ0v) is 20.3. The Kier molecular flexibility index (Phi) is 11.2. The van der Waals surface area contributed by atoms with Gasteiger partial charge in [0.15, 0.2) is 6.10 Å². The Morgan fingerprint density at radius 3 is 2.29 bits per heavy atom. The minimum Gasteiger partial charge on any atom is -0.488 e. The number of aryl methyl sites for hydroxylation is 1. The van der Waals surface area contributed by atoms with Crippen LogP contribution in [0.1, 0.15) is 110 Å². The van der Waals surface area contributed by atoms with Gasteiger partial charge >= 0.3 is 5.97 Å². The molecule has 0 spiro atoms. The summed E-state index contributed by atoms with van der Waals surface area (Å²) in [6.45, 7) is 8.71. The van der Waals surface area contributed by atoms with Gasteiger partial charge in [-0.1, -0.05) is 64.7 Å². The Morgan fingerprint density at radius 2 is 1.65 bits per heavy atom. The quantitative estimate of drug-likeness (QED) is 0.214. The fourth-order valence-electron chi connectivity index (χ4n) is 4.15. The van der Waals surface area contributed by atoms with E-state index in [-0.39, 0.29) is 11.6 Å². The maximum Gasteiger partial charge on any atom is 0.347 e. The van der Waals surface area contributed by atoms with Crippen molar-refractivity contribution < 1.29 is 19.0 Å². The summed E-state index contributed by atoms with van der Waals surface area (Å²) < 4.78 is 17.4. The minimum absolute atomic E-state index is 0.127. The number of rotatable bonds is 15. The van der Waals surface area contributed by atoms with Gasteiger partial charge in [0.2, 0.25) is 0 Å². The average Bonchev–Trinajstić information content (AvgIpc) is 2.74. The number of hydrogen-bond donors (Lipinski definition) is 0. The molecule has 176 valence electrons. The average molecular weight is 433 g/mol. The number of fused-ring (bicyclic) bond motifs is 1. The van der Waals surface area contributed by atoms with Crippen LogP contribution in [-0.4, -0.2) is 24.3 Å². The monoisotopic (exact) mass is 432 g/mol. The van der Waals surface area contributed by atoms with Gasteiger partial charge in [0.1, 0.15) is 17.1 Å². The Hall–Kier alpha value is -1.71. The van der Waals surface area contributed by atoms with Crippen LogP contribution >= 0.6 is 0 Å². The van der Waals surface area contributed by atoms with E-state index >= 15 is 0 Å². The van der Waals surface area contributed by atoms with E-state index in [2.05, 4.69) is 20.8 Å². The molecule has 0 aliphatic carbocycles. The molecule has 31 heavy (non-hydrogen) atoms. The van der Waals surface area contributed by atoms with Gasteiger partial charge in [-0.25, -0.2) is 4.79 Å². The number of carbonyl (C=O) groups is 1. The molecule has 4 heteroatoms. The van der Waals surface area contributed by atoms with E-state index in [1.54, 1.807) is 0 Å². The van der Waals surface area contributed by atoms with E-state index < -0.39 is 6.10 Å². The predicted octanol–water partition coefficient (Wildman–Crippen LogP) is 7.41. The third-order valence-electron chi connectivity index (χ3n) is 6.06. The summed E-state index contributed by atoms with van der Waals surface area (Å²) in [6, 6.07) is 5.90. The summed E-state index contributed by atoms with van der Waals surface area (Å²) in [5, 5.41) is 0. The molecule has 1 unspecified atom stereocenters. The Bertz CT molecular complexity index is 653. The molecule has 1 aromatic rings. The predicted molar refractivity (Wildman–Crippen MR) is 127 cm³/mol. The second-order valence-corrected chi connectivity index (χ2v) is 9.46. The van der Waals surface area contributed by atoms with Crippen LogP contribution in [0, 0.1) is 0 Å². The highest BCUT2D eigenvalue weighted by molar-refractivity contribution is 5.75. The smallest absolute Gasteiger partial charge is 0.347 e. The van der Waals surface area contributed by atoms with Crippen molar-refractivity contribution in [3.8, 4) is 11.5 Å². The lowest BCUT2D eigenvalue weighted by Gasteiger charge is -2.32. The molecule has 0 fully saturated rings. The molecular weight excluding hydrogens is 388 g/mol. The van der Waals surface area contributed by atoms with Crippen molar-refractivity contribution in [3.05, 3.63) is 23.8 Å². The van der Waals surface area contributed by atoms with Crippen molar-refractivity contribution >= 4 is 5.97 Å². The number of esters is 1. The molecule has 0 saturated carbocycles. The van der Waals surface area contributed by atoms with E-state index in [9.17, 15) is 4.79 Å². The molecule has 2 rings (SSSR count). The van der Waals surface area contributed by atoms with E-state index in [0.29, 0.717) is 13.0 Å². The molecule has 0 aromatic heterocycles. The van der Waals surface area contributed by atoms with Crippen molar-refractivity contribution in [2.75, 3.05) is 6.61 Å². The fourth-order valence-corrected chi connectivity index (χ4v) is 4.15. The molecule has 1 heterocycles. The van der Waals surface area contributed by atoms with E-state index in [1.165, 1.54) is 51.4 Å². The van der Waals surface area contributed by atoms with Crippen molar-refractivity contribution in [3.63, 3.8) is 0 Å². The van der Waals surface area contributed by atoms with Crippen LogP contribution in [0.15, 0.2) is 18.2 Å². The highest BCUT2D eigenvalue weighted by Crippen LogP contribution is 2.35. The van der Waals surface area contributed by atoms with Crippen molar-refractivity contribution in [1.29, 1.82) is 0 Å². The second kappa shape index (κ2) is 13.6. The van der Waals surface area contributed by atoms with Gasteiger partial charge < -0.3 is 14.2 Å². The van der Waals surface area contributed by atoms with Crippen LogP contribution in [0.3, 0.4) is 0 Å². The van der Waals surface area contributed by atoms with Crippen LogP contribution in [-0.2, 0) is 16.0 Å². The van der Waals surface area contributed by atoms with Crippen molar-refractivity contribution in [1.82, 2.24) is 0 Å². The molecule has 1 aliphatic rings. The molecule has 4 nitrogen and oxygen atoms in total. The summed E-state index contributed by atoms with van der Waals surface area (Å²) in [7, 11) is 0. The van der Waals surface area contributed by atoms with Gasteiger partial charge in [0, 0.05) is 0 Å². The van der Waals surface area contributed by atoms with Gasteiger partial charge in [0.05, 0.1) is 6.61 Å². The first kappa shape index (κ1) is 25.5. The first-order chi connectivity index (χ1) is 14.9. The number of hydrogen-bond acceptors (Lipinski definition) is 4. The molecule has 1 atom stereocenters. The summed E-state index contributed by atoms with van der Waals surface area (Å²) in [5.74, 6) is 1.40. The van der Waals surface area contributed by atoms with Crippen molar-refractivity contribution in [2.45, 2.75) is 123 Å². The van der Waals surface area contributed by atoms with Crippen LogP contribution in [0.25, 0.3) is 0 Å². The third kappa shape index (κ3) is 9.53. The topological polar surface area (TPSA) is 44.8 Å². The fraction of sp³-hybridized carbons (Fsp3) is 0.741. The van der Waals surface area contributed by atoms with Gasteiger partial charge in [-0.3, -0.25) is 0 Å². The minimum atomic E-state index is -0.534. The molecule has 0 saturated heterocycles. The number of ether oxygens (including phenoxy) is 3. The van der Waals surface area contributed by atoms with Gasteiger partial charge in [-0.2, -0.15) is 0 Å². The highest BCUT2D eigenvalue weighted by atomic mass is 16.6. The zero-order chi connectivity index (χ0) is 22.5. The van der Waals surface area contributed by atoms with Crippen LogP contribution < -0.4 is 9.47 Å². The lowest BCUT2D eigenvalue weighted by molar-refractivity contribution is -0.151. The van der Waals surface area contributed by atoms with Crippen LogP contribution in [0.2, 0.25) is 0 Å². The van der Waals surface area contributed by atoms with E-state index in [1.807, 2.05) is 25.1 Å². The highest BCUT2D eigenvalue weighted by Gasteiger charge is 2.27. The first-order valence-electron chi connectivity index (χ1n) is 12.6. The summed E-state index contributed by atoms with van der Waals surface area (Å²) in [5.41, 5.74) is 1.02.